The number of hydrogen-bond donors (Lipinski definition) is 1. The topological polar surface area (TPSA) is 69.5 Å². The highest BCUT2D eigenvalue weighted by molar-refractivity contribution is 5.55. The van der Waals surface area contributed by atoms with Crippen LogP contribution in [0.2, 0.25) is 0 Å². The minimum Gasteiger partial charge on any atom is -0.305 e. The molecule has 4 nitrogen and oxygen atoms in total. The zero-order chi connectivity index (χ0) is 12.4. The van der Waals surface area contributed by atoms with Gasteiger partial charge in [-0.05, 0) is 18.6 Å². The summed E-state index contributed by atoms with van der Waals surface area (Å²) in [7, 11) is 0. The number of nitrogens with zero attached hydrogens (tertiary/aromatic N) is 2. The Hall–Kier alpha value is -2.48. The predicted molar refractivity (Wildman–Crippen MR) is 59.7 cm³/mol. The van der Waals surface area contributed by atoms with Gasteiger partial charge >= 0.3 is 0 Å². The van der Waals surface area contributed by atoms with Crippen molar-refractivity contribution in [2.75, 3.05) is 0 Å². The van der Waals surface area contributed by atoms with E-state index in [1.54, 1.807) is 25.1 Å². The van der Waals surface area contributed by atoms with Crippen molar-refractivity contribution in [2.24, 2.45) is 0 Å². The number of benzene rings is 1. The largest absolute Gasteiger partial charge is 0.305 e. The molecule has 0 aliphatic heterocycles. The maximum atomic E-state index is 13.3. The average molecular weight is 229 g/mol. The molecule has 17 heavy (non-hydrogen) atoms. The molecule has 5 heteroatoms. The number of aromatic amines is 1. The van der Waals surface area contributed by atoms with Crippen molar-refractivity contribution in [3.05, 3.63) is 51.7 Å². The molecular weight excluding hydrogens is 221 g/mol. The fourth-order valence-corrected chi connectivity index (χ4v) is 1.36. The standard InChI is InChI=1S/C12H8FN3O/c1-7-2-3-8(4-10(7)13)11-15-6-9(5-14)12(17)16-11/h2-4,6H,1H3,(H,15,16,17). The fraction of sp³-hybridized carbons (Fsp3) is 0.0833. The molecule has 1 N–H and O–H groups in total. The highest BCUT2D eigenvalue weighted by Gasteiger charge is 2.06. The van der Waals surface area contributed by atoms with E-state index in [0.717, 1.165) is 0 Å². The summed E-state index contributed by atoms with van der Waals surface area (Å²) >= 11 is 0. The molecule has 1 aromatic carbocycles. The van der Waals surface area contributed by atoms with E-state index < -0.39 is 5.56 Å². The first-order chi connectivity index (χ1) is 8.11. The van der Waals surface area contributed by atoms with E-state index in [9.17, 15) is 9.18 Å². The number of halogens is 1. The van der Waals surface area contributed by atoms with Crippen molar-refractivity contribution in [2.45, 2.75) is 6.92 Å². The van der Waals surface area contributed by atoms with Gasteiger partial charge in [0.2, 0.25) is 0 Å². The molecule has 1 heterocycles. The number of aromatic nitrogens is 2. The molecular formula is C12H8FN3O. The second-order valence-electron chi connectivity index (χ2n) is 3.55. The second-order valence-corrected chi connectivity index (χ2v) is 3.55. The SMILES string of the molecule is Cc1ccc(-c2ncc(C#N)c(=O)[nH]2)cc1F. The maximum Gasteiger partial charge on any atom is 0.269 e. The third-order valence-corrected chi connectivity index (χ3v) is 2.37. The molecule has 0 bridgehead atoms. The first-order valence-corrected chi connectivity index (χ1v) is 4.88. The van der Waals surface area contributed by atoms with Crippen LogP contribution in [0.5, 0.6) is 0 Å². The lowest BCUT2D eigenvalue weighted by atomic mass is 10.1. The lowest BCUT2D eigenvalue weighted by molar-refractivity contribution is 0.619. The zero-order valence-electron chi connectivity index (χ0n) is 8.99. The van der Waals surface area contributed by atoms with E-state index in [-0.39, 0.29) is 17.2 Å². The van der Waals surface area contributed by atoms with Gasteiger partial charge in [0.05, 0.1) is 6.20 Å². The molecule has 2 aromatic rings. The van der Waals surface area contributed by atoms with Crippen LogP contribution < -0.4 is 5.56 Å². The molecule has 0 atom stereocenters. The van der Waals surface area contributed by atoms with Crippen molar-refractivity contribution < 1.29 is 4.39 Å². The van der Waals surface area contributed by atoms with E-state index in [1.165, 1.54) is 12.3 Å². The first kappa shape index (κ1) is 11.0. The summed E-state index contributed by atoms with van der Waals surface area (Å²) in [5, 5.41) is 8.59. The molecule has 2 rings (SSSR count). The monoisotopic (exact) mass is 229 g/mol. The number of nitrogens with one attached hydrogen (secondary N) is 1. The predicted octanol–water partition coefficient (Wildman–Crippen LogP) is 1.76. The number of nitriles is 1. The van der Waals surface area contributed by atoms with Gasteiger partial charge in [0.25, 0.3) is 5.56 Å². The van der Waals surface area contributed by atoms with Crippen LogP contribution in [0.25, 0.3) is 11.4 Å². The van der Waals surface area contributed by atoms with Gasteiger partial charge in [-0.15, -0.1) is 0 Å². The summed E-state index contributed by atoms with van der Waals surface area (Å²) in [5.41, 5.74) is 0.388. The smallest absolute Gasteiger partial charge is 0.269 e. The third-order valence-electron chi connectivity index (χ3n) is 2.37. The molecule has 0 fully saturated rings. The quantitative estimate of drug-likeness (QED) is 0.809. The molecule has 0 aliphatic carbocycles. The van der Waals surface area contributed by atoms with Crippen molar-refractivity contribution in [3.63, 3.8) is 0 Å². The third kappa shape index (κ3) is 2.06. The normalized spacial score (nSPS) is 9.94. The molecule has 84 valence electrons. The summed E-state index contributed by atoms with van der Waals surface area (Å²) in [6.07, 6.45) is 1.17. The Morgan fingerprint density at radius 3 is 2.82 bits per heavy atom. The van der Waals surface area contributed by atoms with Crippen molar-refractivity contribution in [3.8, 4) is 17.5 Å². The molecule has 0 saturated carbocycles. The zero-order valence-corrected chi connectivity index (χ0v) is 8.99. The second kappa shape index (κ2) is 4.18. The van der Waals surface area contributed by atoms with Crippen molar-refractivity contribution in [1.82, 2.24) is 9.97 Å². The average Bonchev–Trinajstić information content (AvgIpc) is 2.32. The van der Waals surface area contributed by atoms with Gasteiger partial charge in [0, 0.05) is 5.56 Å². The Bertz CT molecular complexity index is 670. The summed E-state index contributed by atoms with van der Waals surface area (Å²) in [4.78, 5) is 17.7. The molecule has 0 amide bonds. The Labute approximate surface area is 96.4 Å². The Kier molecular flexibility index (Phi) is 2.71. The van der Waals surface area contributed by atoms with Gasteiger partial charge in [0.15, 0.2) is 0 Å². The van der Waals surface area contributed by atoms with Crippen LogP contribution in [0.4, 0.5) is 4.39 Å². The lowest BCUT2D eigenvalue weighted by Gasteiger charge is -2.02. The molecule has 1 aromatic heterocycles. The number of rotatable bonds is 1. The van der Waals surface area contributed by atoms with Crippen LogP contribution in [-0.2, 0) is 0 Å². The molecule has 0 unspecified atom stereocenters. The van der Waals surface area contributed by atoms with Crippen LogP contribution in [-0.4, -0.2) is 9.97 Å². The van der Waals surface area contributed by atoms with Gasteiger partial charge < -0.3 is 4.98 Å². The summed E-state index contributed by atoms with van der Waals surface area (Å²) < 4.78 is 13.3. The number of aryl methyl sites for hydroxylation is 1. The maximum absolute atomic E-state index is 13.3. The van der Waals surface area contributed by atoms with E-state index in [4.69, 9.17) is 5.26 Å². The molecule has 0 spiro atoms. The van der Waals surface area contributed by atoms with E-state index in [1.807, 2.05) is 0 Å². The molecule has 0 aliphatic rings. The van der Waals surface area contributed by atoms with E-state index in [0.29, 0.717) is 11.1 Å². The van der Waals surface area contributed by atoms with Gasteiger partial charge in [0.1, 0.15) is 23.3 Å². The van der Waals surface area contributed by atoms with Crippen LogP contribution in [0.1, 0.15) is 11.1 Å². The minimum atomic E-state index is -0.529. The first-order valence-electron chi connectivity index (χ1n) is 4.88. The summed E-state index contributed by atoms with van der Waals surface area (Å²) in [6, 6.07) is 6.26. The summed E-state index contributed by atoms with van der Waals surface area (Å²) in [6.45, 7) is 1.65. The van der Waals surface area contributed by atoms with Crippen LogP contribution in [0.3, 0.4) is 0 Å². The van der Waals surface area contributed by atoms with Gasteiger partial charge in [-0.3, -0.25) is 4.79 Å². The summed E-state index contributed by atoms with van der Waals surface area (Å²) in [5.74, 6) is -0.123. The van der Waals surface area contributed by atoms with Crippen molar-refractivity contribution >= 4 is 0 Å². The minimum absolute atomic E-state index is 0.0682. The van der Waals surface area contributed by atoms with E-state index in [2.05, 4.69) is 9.97 Å². The highest BCUT2D eigenvalue weighted by atomic mass is 19.1. The van der Waals surface area contributed by atoms with E-state index >= 15 is 0 Å². The van der Waals surface area contributed by atoms with Crippen LogP contribution in [0, 0.1) is 24.1 Å². The molecule has 0 radical (unpaired) electrons. The number of H-pyrrole nitrogens is 1. The Morgan fingerprint density at radius 2 is 2.24 bits per heavy atom. The van der Waals surface area contributed by atoms with Gasteiger partial charge in [-0.2, -0.15) is 5.26 Å². The fourth-order valence-electron chi connectivity index (χ4n) is 1.36. The van der Waals surface area contributed by atoms with Crippen LogP contribution >= 0.6 is 0 Å². The molecule has 0 saturated heterocycles. The van der Waals surface area contributed by atoms with Gasteiger partial charge in [-0.1, -0.05) is 12.1 Å². The van der Waals surface area contributed by atoms with Crippen molar-refractivity contribution in [1.29, 1.82) is 5.26 Å². The van der Waals surface area contributed by atoms with Gasteiger partial charge in [-0.25, -0.2) is 9.37 Å². The van der Waals surface area contributed by atoms with Crippen LogP contribution in [0.15, 0.2) is 29.2 Å². The Balaban J connectivity index is 2.54. The lowest BCUT2D eigenvalue weighted by Crippen LogP contribution is -2.12. The highest BCUT2D eigenvalue weighted by Crippen LogP contribution is 2.16. The Morgan fingerprint density at radius 1 is 1.47 bits per heavy atom. The number of hydrogen-bond acceptors (Lipinski definition) is 3.